The van der Waals surface area contributed by atoms with Crippen LogP contribution in [-0.2, 0) is 0 Å². The summed E-state index contributed by atoms with van der Waals surface area (Å²) in [6, 6.07) is 4.78. The highest BCUT2D eigenvalue weighted by Gasteiger charge is 2.28. The minimum Gasteiger partial charge on any atom is -0.337 e. The lowest BCUT2D eigenvalue weighted by atomic mass is 10.1. The lowest BCUT2D eigenvalue weighted by Gasteiger charge is -2.20. The monoisotopic (exact) mass is 289 g/mol. The summed E-state index contributed by atoms with van der Waals surface area (Å²) in [5.74, 6) is 4.64. The lowest BCUT2D eigenvalue weighted by molar-refractivity contribution is 0.0782. The van der Waals surface area contributed by atoms with Crippen molar-refractivity contribution in [2.75, 3.05) is 33.7 Å². The Morgan fingerprint density at radius 1 is 1.52 bits per heavy atom. The summed E-state index contributed by atoms with van der Waals surface area (Å²) >= 11 is 0. The predicted octanol–water partition coefficient (Wildman–Crippen LogP) is 0.912. The third-order valence-corrected chi connectivity index (χ3v) is 3.72. The van der Waals surface area contributed by atoms with Crippen molar-refractivity contribution in [3.05, 3.63) is 35.1 Å². The Morgan fingerprint density at radius 3 is 2.86 bits per heavy atom. The van der Waals surface area contributed by atoms with Crippen LogP contribution in [-0.4, -0.2) is 55.5 Å². The lowest BCUT2D eigenvalue weighted by Crippen LogP contribution is -2.34. The molecule has 2 rings (SSSR count). The molecule has 1 aromatic carbocycles. The van der Waals surface area contributed by atoms with E-state index < -0.39 is 5.82 Å². The van der Waals surface area contributed by atoms with Gasteiger partial charge in [-0.1, -0.05) is 11.8 Å². The van der Waals surface area contributed by atoms with Crippen molar-refractivity contribution in [3.63, 3.8) is 0 Å². The Morgan fingerprint density at radius 2 is 2.29 bits per heavy atom. The summed E-state index contributed by atoms with van der Waals surface area (Å²) < 4.78 is 13.9. The summed E-state index contributed by atoms with van der Waals surface area (Å²) in [6.45, 7) is 1.57. The summed E-state index contributed by atoms with van der Waals surface area (Å²) in [5, 5.41) is 0. The number of halogens is 1. The van der Waals surface area contributed by atoms with Crippen LogP contribution in [0, 0.1) is 17.7 Å². The van der Waals surface area contributed by atoms with Crippen LogP contribution in [0.4, 0.5) is 4.39 Å². The fraction of sp³-hybridized carbons (Fsp3) is 0.438. The van der Waals surface area contributed by atoms with Gasteiger partial charge < -0.3 is 15.5 Å². The molecular formula is C16H20FN3O. The van der Waals surface area contributed by atoms with Crippen molar-refractivity contribution in [2.45, 2.75) is 12.5 Å². The van der Waals surface area contributed by atoms with Gasteiger partial charge in [0.05, 0.1) is 12.1 Å². The van der Waals surface area contributed by atoms with Crippen LogP contribution >= 0.6 is 0 Å². The Bertz CT molecular complexity index is 589. The Kier molecular flexibility index (Phi) is 4.94. The molecule has 1 aliphatic heterocycles. The van der Waals surface area contributed by atoms with Crippen LogP contribution in [0.3, 0.4) is 0 Å². The fourth-order valence-corrected chi connectivity index (χ4v) is 2.43. The molecule has 1 fully saturated rings. The zero-order valence-corrected chi connectivity index (χ0v) is 12.4. The van der Waals surface area contributed by atoms with Crippen molar-refractivity contribution in [1.29, 1.82) is 0 Å². The number of likely N-dealkylation sites (tertiary alicyclic amines) is 1. The van der Waals surface area contributed by atoms with Gasteiger partial charge in [0.15, 0.2) is 0 Å². The molecule has 4 nitrogen and oxygen atoms in total. The van der Waals surface area contributed by atoms with E-state index in [1.165, 1.54) is 12.1 Å². The van der Waals surface area contributed by atoms with Gasteiger partial charge in [0.25, 0.3) is 5.91 Å². The first-order chi connectivity index (χ1) is 10.0. The number of carbonyl (C=O) groups is 1. The second kappa shape index (κ2) is 6.70. The molecule has 1 aliphatic rings. The van der Waals surface area contributed by atoms with E-state index in [1.807, 2.05) is 14.1 Å². The molecule has 1 saturated heterocycles. The molecule has 0 radical (unpaired) electrons. The minimum atomic E-state index is -0.481. The van der Waals surface area contributed by atoms with E-state index >= 15 is 0 Å². The minimum absolute atomic E-state index is 0.128. The van der Waals surface area contributed by atoms with Crippen molar-refractivity contribution in [2.24, 2.45) is 5.73 Å². The fourth-order valence-electron chi connectivity index (χ4n) is 2.43. The van der Waals surface area contributed by atoms with Crippen LogP contribution in [0.15, 0.2) is 18.2 Å². The highest BCUT2D eigenvalue weighted by molar-refractivity contribution is 5.94. The van der Waals surface area contributed by atoms with Crippen LogP contribution in [0.1, 0.15) is 22.3 Å². The predicted molar refractivity (Wildman–Crippen MR) is 80.3 cm³/mol. The van der Waals surface area contributed by atoms with E-state index in [0.29, 0.717) is 24.7 Å². The molecule has 1 unspecified atom stereocenters. The first-order valence-corrected chi connectivity index (χ1v) is 6.97. The Labute approximate surface area is 124 Å². The number of nitrogens with zero attached hydrogens (tertiary/aromatic N) is 2. The topological polar surface area (TPSA) is 49.6 Å². The number of nitrogens with two attached hydrogens (primary N) is 1. The van der Waals surface area contributed by atoms with Gasteiger partial charge in [-0.05, 0) is 38.7 Å². The van der Waals surface area contributed by atoms with Gasteiger partial charge in [-0.25, -0.2) is 4.39 Å². The van der Waals surface area contributed by atoms with Crippen molar-refractivity contribution in [3.8, 4) is 11.8 Å². The first kappa shape index (κ1) is 15.5. The third-order valence-electron chi connectivity index (χ3n) is 3.72. The van der Waals surface area contributed by atoms with Crippen LogP contribution in [0.5, 0.6) is 0 Å². The highest BCUT2D eigenvalue weighted by Crippen LogP contribution is 2.18. The number of carbonyl (C=O) groups excluding carboxylic acids is 1. The number of likely N-dealkylation sites (N-methyl/N-ethyl adjacent to an activating group) is 1. The van der Waals surface area contributed by atoms with Gasteiger partial charge >= 0.3 is 0 Å². The standard InChI is InChI=1S/C16H20FN3O/c1-19(2)14-7-9-20(11-14)16(21)13-6-5-12(4-3-8-18)15(17)10-13/h5-6,10,14H,7-9,11,18H2,1-2H3. The number of hydrogen-bond acceptors (Lipinski definition) is 3. The molecule has 0 saturated carbocycles. The molecule has 1 amide bonds. The largest absolute Gasteiger partial charge is 0.337 e. The van der Waals surface area contributed by atoms with Crippen LogP contribution in [0.2, 0.25) is 0 Å². The maximum absolute atomic E-state index is 13.9. The van der Waals surface area contributed by atoms with E-state index in [4.69, 9.17) is 5.73 Å². The molecule has 0 spiro atoms. The van der Waals surface area contributed by atoms with Gasteiger partial charge in [0, 0.05) is 24.7 Å². The van der Waals surface area contributed by atoms with Gasteiger partial charge in [0.2, 0.25) is 0 Å². The molecule has 0 bridgehead atoms. The van der Waals surface area contributed by atoms with Crippen LogP contribution < -0.4 is 5.73 Å². The zero-order valence-electron chi connectivity index (χ0n) is 12.4. The van der Waals surface area contributed by atoms with Crippen molar-refractivity contribution >= 4 is 5.91 Å². The van der Waals surface area contributed by atoms with Gasteiger partial charge in [0.1, 0.15) is 5.82 Å². The zero-order chi connectivity index (χ0) is 15.4. The molecule has 5 heteroatoms. The van der Waals surface area contributed by atoms with Gasteiger partial charge in [-0.15, -0.1) is 0 Å². The Balaban J connectivity index is 2.12. The van der Waals surface area contributed by atoms with E-state index in [1.54, 1.807) is 11.0 Å². The first-order valence-electron chi connectivity index (χ1n) is 6.97. The van der Waals surface area contributed by atoms with E-state index in [9.17, 15) is 9.18 Å². The second-order valence-electron chi connectivity index (χ2n) is 5.36. The maximum atomic E-state index is 13.9. The Hall–Kier alpha value is -1.90. The molecule has 1 aromatic rings. The normalized spacial score (nSPS) is 17.8. The molecule has 0 aromatic heterocycles. The molecule has 21 heavy (non-hydrogen) atoms. The summed E-state index contributed by atoms with van der Waals surface area (Å²) in [6.07, 6.45) is 0.946. The van der Waals surface area contributed by atoms with E-state index in [2.05, 4.69) is 16.7 Å². The molecule has 1 heterocycles. The molecule has 1 atom stereocenters. The number of rotatable bonds is 2. The second-order valence-corrected chi connectivity index (χ2v) is 5.36. The van der Waals surface area contributed by atoms with Gasteiger partial charge in [-0.2, -0.15) is 0 Å². The average Bonchev–Trinajstić information content (AvgIpc) is 2.95. The summed E-state index contributed by atoms with van der Waals surface area (Å²) in [4.78, 5) is 16.3. The number of benzene rings is 1. The van der Waals surface area contributed by atoms with E-state index in [0.717, 1.165) is 6.42 Å². The van der Waals surface area contributed by atoms with Crippen molar-refractivity contribution in [1.82, 2.24) is 9.80 Å². The van der Waals surface area contributed by atoms with Crippen molar-refractivity contribution < 1.29 is 9.18 Å². The quantitative estimate of drug-likeness (QED) is 0.824. The molecule has 112 valence electrons. The molecular weight excluding hydrogens is 269 g/mol. The maximum Gasteiger partial charge on any atom is 0.254 e. The number of amides is 1. The highest BCUT2D eigenvalue weighted by atomic mass is 19.1. The smallest absolute Gasteiger partial charge is 0.254 e. The summed E-state index contributed by atoms with van der Waals surface area (Å²) in [7, 11) is 4.01. The van der Waals surface area contributed by atoms with Gasteiger partial charge in [-0.3, -0.25) is 4.79 Å². The SMILES string of the molecule is CN(C)C1CCN(C(=O)c2ccc(C#CCN)c(F)c2)C1. The average molecular weight is 289 g/mol. The summed E-state index contributed by atoms with van der Waals surface area (Å²) in [5.41, 5.74) is 5.90. The number of hydrogen-bond donors (Lipinski definition) is 1. The molecule has 0 aliphatic carbocycles. The third kappa shape index (κ3) is 3.60. The van der Waals surface area contributed by atoms with Crippen LogP contribution in [0.25, 0.3) is 0 Å². The van der Waals surface area contributed by atoms with E-state index in [-0.39, 0.29) is 18.0 Å². The molecule has 2 N–H and O–H groups in total.